The zero-order valence-corrected chi connectivity index (χ0v) is 20.3. The molecule has 178 valence electrons. The van der Waals surface area contributed by atoms with E-state index in [0.29, 0.717) is 5.57 Å². The predicted molar refractivity (Wildman–Crippen MR) is 127 cm³/mol. The van der Waals surface area contributed by atoms with Gasteiger partial charge in [-0.25, -0.2) is 4.79 Å². The molecule has 1 rings (SSSR count). The highest BCUT2D eigenvalue weighted by molar-refractivity contribution is 7.85. The van der Waals surface area contributed by atoms with Crippen molar-refractivity contribution in [1.29, 1.82) is 0 Å². The van der Waals surface area contributed by atoms with Gasteiger partial charge < -0.3 is 10.4 Å². The third kappa shape index (κ3) is 10.2. The zero-order valence-electron chi connectivity index (χ0n) is 19.5. The first kappa shape index (κ1) is 27.6. The van der Waals surface area contributed by atoms with E-state index in [-0.39, 0.29) is 5.41 Å². The Morgan fingerprint density at radius 3 is 2.41 bits per heavy atom. The molecule has 3 N–H and O–H groups in total. The number of carbonyl (C=O) groups excluding carboxylic acids is 1. The Hall–Kier alpha value is -2.45. The molecule has 1 amide bonds. The summed E-state index contributed by atoms with van der Waals surface area (Å²) in [5.74, 6) is -2.78. The summed E-state index contributed by atoms with van der Waals surface area (Å²) in [6.07, 6.45) is 14.1. The molecule has 0 aromatic rings. The van der Waals surface area contributed by atoms with Crippen molar-refractivity contribution >= 4 is 22.0 Å². The number of aliphatic carboxylic acids is 1. The maximum atomic E-state index is 12.0. The molecular formula is C24H35NO6S. The monoisotopic (exact) mass is 465 g/mol. The van der Waals surface area contributed by atoms with Crippen LogP contribution in [0.2, 0.25) is 0 Å². The molecule has 1 atom stereocenters. The van der Waals surface area contributed by atoms with E-state index in [1.165, 1.54) is 30.1 Å². The molecule has 0 aliphatic heterocycles. The normalized spacial score (nSPS) is 18.9. The highest BCUT2D eigenvalue weighted by atomic mass is 32.2. The van der Waals surface area contributed by atoms with E-state index in [4.69, 9.17) is 9.66 Å². The molecule has 0 heterocycles. The number of carboxylic acid groups (broad SMARTS) is 1. The van der Waals surface area contributed by atoms with Crippen molar-refractivity contribution in [2.45, 2.75) is 66.3 Å². The van der Waals surface area contributed by atoms with Crippen molar-refractivity contribution in [3.8, 4) is 0 Å². The summed E-state index contributed by atoms with van der Waals surface area (Å²) in [5, 5.41) is 11.3. The smallest absolute Gasteiger partial charge is 0.326 e. The van der Waals surface area contributed by atoms with Crippen LogP contribution in [0.25, 0.3) is 0 Å². The van der Waals surface area contributed by atoms with Crippen LogP contribution in [0.1, 0.15) is 60.3 Å². The van der Waals surface area contributed by atoms with Crippen molar-refractivity contribution in [1.82, 2.24) is 5.32 Å². The Kier molecular flexibility index (Phi) is 10.3. The fourth-order valence-corrected chi connectivity index (χ4v) is 4.16. The Balaban J connectivity index is 2.74. The Morgan fingerprint density at radius 2 is 1.84 bits per heavy atom. The molecule has 0 saturated carbocycles. The SMILES string of the molecule is CC1=C(/C=C/C(C)=C/C=C/C(C)=C/C(=O)N[C@@H](CCS(=O)(=O)O)C(=O)O)C(C)(C)CCC1. The van der Waals surface area contributed by atoms with Gasteiger partial charge in [-0.2, -0.15) is 8.42 Å². The minimum absolute atomic E-state index is 0.177. The molecule has 1 aliphatic rings. The van der Waals surface area contributed by atoms with Crippen LogP contribution >= 0.6 is 0 Å². The first-order chi connectivity index (χ1) is 14.7. The van der Waals surface area contributed by atoms with Gasteiger partial charge in [-0.1, -0.05) is 55.4 Å². The summed E-state index contributed by atoms with van der Waals surface area (Å²) in [6, 6.07) is -1.41. The highest BCUT2D eigenvalue weighted by Crippen LogP contribution is 2.40. The van der Waals surface area contributed by atoms with Gasteiger partial charge in [0.2, 0.25) is 5.91 Å². The topological polar surface area (TPSA) is 121 Å². The fraction of sp³-hybridized carbons (Fsp3) is 0.500. The molecule has 0 aromatic carbocycles. The van der Waals surface area contributed by atoms with Crippen LogP contribution in [-0.2, 0) is 19.7 Å². The molecule has 0 bridgehead atoms. The average molecular weight is 466 g/mol. The molecule has 0 fully saturated rings. The molecule has 7 nitrogen and oxygen atoms in total. The Morgan fingerprint density at radius 1 is 1.19 bits per heavy atom. The van der Waals surface area contributed by atoms with E-state index >= 15 is 0 Å². The van der Waals surface area contributed by atoms with Crippen molar-refractivity contribution in [3.63, 3.8) is 0 Å². The number of hydrogen-bond donors (Lipinski definition) is 3. The van der Waals surface area contributed by atoms with Gasteiger partial charge in [-0.3, -0.25) is 9.35 Å². The van der Waals surface area contributed by atoms with Gasteiger partial charge in [0.1, 0.15) is 6.04 Å². The summed E-state index contributed by atoms with van der Waals surface area (Å²) < 4.78 is 30.3. The number of carboxylic acids is 1. The summed E-state index contributed by atoms with van der Waals surface area (Å²) in [4.78, 5) is 23.2. The molecule has 8 heteroatoms. The van der Waals surface area contributed by atoms with Crippen LogP contribution in [-0.4, -0.2) is 41.7 Å². The van der Waals surface area contributed by atoms with Gasteiger partial charge >= 0.3 is 5.97 Å². The number of rotatable bonds is 10. The second kappa shape index (κ2) is 12.0. The number of hydrogen-bond acceptors (Lipinski definition) is 4. The summed E-state index contributed by atoms with van der Waals surface area (Å²) in [7, 11) is -4.31. The number of amides is 1. The molecule has 0 saturated heterocycles. The molecule has 32 heavy (non-hydrogen) atoms. The minimum atomic E-state index is -4.31. The standard InChI is InChI=1S/C24H35NO6S/c1-17(11-12-20-19(3)10-7-14-24(20,4)5)8-6-9-18(2)16-22(26)25-21(23(27)28)13-15-32(29,30)31/h6,8-9,11-12,16,21H,7,10,13-15H2,1-5H3,(H,25,26)(H,27,28)(H,29,30,31)/b9-6+,12-11+,17-8+,18-16+/t21-/m0/s1. The minimum Gasteiger partial charge on any atom is -0.480 e. The van der Waals surface area contributed by atoms with E-state index in [1.807, 2.05) is 13.0 Å². The molecule has 0 aromatic heterocycles. The van der Waals surface area contributed by atoms with E-state index in [0.717, 1.165) is 12.0 Å². The molecule has 1 aliphatic carbocycles. The maximum Gasteiger partial charge on any atom is 0.326 e. The summed E-state index contributed by atoms with van der Waals surface area (Å²) in [5.41, 5.74) is 4.64. The molecule has 0 radical (unpaired) electrons. The Bertz CT molecular complexity index is 964. The van der Waals surface area contributed by atoms with Gasteiger partial charge in [0.25, 0.3) is 10.1 Å². The van der Waals surface area contributed by atoms with Crippen LogP contribution in [0.15, 0.2) is 58.7 Å². The lowest BCUT2D eigenvalue weighted by molar-refractivity contribution is -0.141. The Labute approximate surface area is 191 Å². The van der Waals surface area contributed by atoms with Gasteiger partial charge in [-0.05, 0) is 63.0 Å². The third-order valence-corrected chi connectivity index (χ3v) is 6.16. The van der Waals surface area contributed by atoms with Crippen molar-refractivity contribution in [2.75, 3.05) is 5.75 Å². The maximum absolute atomic E-state index is 12.0. The van der Waals surface area contributed by atoms with Crippen molar-refractivity contribution in [3.05, 3.63) is 58.7 Å². The summed E-state index contributed by atoms with van der Waals surface area (Å²) >= 11 is 0. The predicted octanol–water partition coefficient (Wildman–Crippen LogP) is 4.37. The zero-order chi connectivity index (χ0) is 24.5. The summed E-state index contributed by atoms with van der Waals surface area (Å²) in [6.45, 7) is 10.4. The average Bonchev–Trinajstić information content (AvgIpc) is 2.63. The number of nitrogens with one attached hydrogen (secondary N) is 1. The van der Waals surface area contributed by atoms with Crippen molar-refractivity contribution < 1.29 is 27.7 Å². The lowest BCUT2D eigenvalue weighted by atomic mass is 9.72. The van der Waals surface area contributed by atoms with Crippen molar-refractivity contribution in [2.24, 2.45) is 5.41 Å². The van der Waals surface area contributed by atoms with E-state index in [9.17, 15) is 18.0 Å². The second-order valence-electron chi connectivity index (χ2n) is 8.90. The number of allylic oxidation sites excluding steroid dienone is 9. The van der Waals surface area contributed by atoms with Crippen LogP contribution in [0.4, 0.5) is 0 Å². The van der Waals surface area contributed by atoms with E-state index < -0.39 is 40.2 Å². The highest BCUT2D eigenvalue weighted by Gasteiger charge is 2.26. The second-order valence-corrected chi connectivity index (χ2v) is 10.5. The van der Waals surface area contributed by atoms with Crippen LogP contribution in [0.5, 0.6) is 0 Å². The van der Waals surface area contributed by atoms with E-state index in [1.54, 1.807) is 19.1 Å². The van der Waals surface area contributed by atoms with Gasteiger partial charge in [0.15, 0.2) is 0 Å². The molecular weight excluding hydrogens is 430 g/mol. The lowest BCUT2D eigenvalue weighted by Crippen LogP contribution is -2.41. The van der Waals surface area contributed by atoms with Gasteiger partial charge in [0.05, 0.1) is 5.75 Å². The van der Waals surface area contributed by atoms with Crippen LogP contribution < -0.4 is 5.32 Å². The largest absolute Gasteiger partial charge is 0.480 e. The lowest BCUT2D eigenvalue weighted by Gasteiger charge is -2.32. The third-order valence-electron chi connectivity index (χ3n) is 5.41. The first-order valence-corrected chi connectivity index (χ1v) is 12.2. The van der Waals surface area contributed by atoms with Gasteiger partial charge in [-0.15, -0.1) is 0 Å². The molecule has 0 spiro atoms. The van der Waals surface area contributed by atoms with Gasteiger partial charge in [0, 0.05) is 6.08 Å². The van der Waals surface area contributed by atoms with E-state index in [2.05, 4.69) is 38.2 Å². The number of carbonyl (C=O) groups is 2. The molecule has 0 unspecified atom stereocenters. The van der Waals surface area contributed by atoms with Crippen LogP contribution in [0.3, 0.4) is 0 Å². The fourth-order valence-electron chi connectivity index (χ4n) is 3.62. The first-order valence-electron chi connectivity index (χ1n) is 10.6. The quantitative estimate of drug-likeness (QED) is 0.250. The van der Waals surface area contributed by atoms with Crippen LogP contribution in [0, 0.1) is 5.41 Å².